The van der Waals surface area contributed by atoms with Crippen molar-refractivity contribution in [2.45, 2.75) is 278 Å². The summed E-state index contributed by atoms with van der Waals surface area (Å²) in [7, 11) is 0. The van der Waals surface area contributed by atoms with Crippen LogP contribution in [0, 0.1) is 11.8 Å². The van der Waals surface area contributed by atoms with Gasteiger partial charge in [0.2, 0.25) is 0 Å². The number of hydrogen-bond donors (Lipinski definition) is 0. The molecule has 0 saturated heterocycles. The van der Waals surface area contributed by atoms with Crippen LogP contribution in [0.5, 0.6) is 0 Å². The summed E-state index contributed by atoms with van der Waals surface area (Å²) in [6.45, 7) is 11.3. The van der Waals surface area contributed by atoms with Gasteiger partial charge < -0.3 is 14.2 Å². The third-order valence-electron chi connectivity index (χ3n) is 11.2. The molecular formula is C50H96O6. The number of carbonyl (C=O) groups is 3. The van der Waals surface area contributed by atoms with Crippen molar-refractivity contribution in [2.24, 2.45) is 11.8 Å². The van der Waals surface area contributed by atoms with E-state index >= 15 is 0 Å². The maximum Gasteiger partial charge on any atom is 0.306 e. The monoisotopic (exact) mass is 793 g/mol. The molecule has 1 atom stereocenters. The Morgan fingerprint density at radius 3 is 0.875 bits per heavy atom. The Bertz CT molecular complexity index is 854. The standard InChI is InChI=1S/C50H96O6/c1-6-7-8-9-10-11-12-13-14-15-16-21-26-32-37-42-50(53)56-47(44-55-49(52)41-36-31-27-22-24-29-34-39-46(4)5)43-54-48(51)40-35-30-25-20-18-17-19-23-28-33-38-45(2)3/h45-47H,6-44H2,1-5H3/t47-/m1/s1. The summed E-state index contributed by atoms with van der Waals surface area (Å²) >= 11 is 0. The van der Waals surface area contributed by atoms with Crippen molar-refractivity contribution in [1.29, 1.82) is 0 Å². The Morgan fingerprint density at radius 2 is 0.589 bits per heavy atom. The van der Waals surface area contributed by atoms with E-state index in [2.05, 4.69) is 34.6 Å². The predicted molar refractivity (Wildman–Crippen MR) is 238 cm³/mol. The zero-order chi connectivity index (χ0) is 41.2. The highest BCUT2D eigenvalue weighted by molar-refractivity contribution is 5.71. The summed E-state index contributed by atoms with van der Waals surface area (Å²) in [6.07, 6.45) is 42.4. The molecule has 6 heteroatoms. The maximum absolute atomic E-state index is 12.8. The van der Waals surface area contributed by atoms with Crippen molar-refractivity contribution in [3.8, 4) is 0 Å². The number of hydrogen-bond acceptors (Lipinski definition) is 6. The third-order valence-corrected chi connectivity index (χ3v) is 11.2. The minimum atomic E-state index is -0.761. The molecule has 0 fully saturated rings. The Hall–Kier alpha value is -1.59. The van der Waals surface area contributed by atoms with Gasteiger partial charge in [-0.05, 0) is 31.1 Å². The van der Waals surface area contributed by atoms with E-state index in [1.807, 2.05) is 0 Å². The predicted octanol–water partition coefficient (Wildman–Crippen LogP) is 15.8. The van der Waals surface area contributed by atoms with Crippen LogP contribution in [0.2, 0.25) is 0 Å². The SMILES string of the molecule is CCCCCCCCCCCCCCCCCC(=O)O[C@H](COC(=O)CCCCCCCCCCCCC(C)C)COC(=O)CCCCCCCCCC(C)C. The second kappa shape index (κ2) is 43.0. The highest BCUT2D eigenvalue weighted by Gasteiger charge is 2.19. The molecule has 332 valence electrons. The number of ether oxygens (including phenoxy) is 3. The number of carbonyl (C=O) groups excluding carboxylic acids is 3. The third kappa shape index (κ3) is 43.5. The molecule has 0 aromatic heterocycles. The molecule has 0 bridgehead atoms. The van der Waals surface area contributed by atoms with Crippen LogP contribution in [0.25, 0.3) is 0 Å². The highest BCUT2D eigenvalue weighted by atomic mass is 16.6. The van der Waals surface area contributed by atoms with Gasteiger partial charge in [-0.2, -0.15) is 0 Å². The molecule has 0 radical (unpaired) electrons. The number of esters is 3. The molecule has 0 unspecified atom stereocenters. The molecule has 0 heterocycles. The smallest absolute Gasteiger partial charge is 0.306 e. The van der Waals surface area contributed by atoms with Crippen molar-refractivity contribution in [2.75, 3.05) is 13.2 Å². The molecule has 0 aliphatic carbocycles. The molecule has 0 aliphatic rings. The lowest BCUT2D eigenvalue weighted by Gasteiger charge is -2.18. The lowest BCUT2D eigenvalue weighted by atomic mass is 10.0. The summed E-state index contributed by atoms with van der Waals surface area (Å²) in [5.74, 6) is 0.746. The second-order valence-corrected chi connectivity index (χ2v) is 18.1. The highest BCUT2D eigenvalue weighted by Crippen LogP contribution is 2.17. The van der Waals surface area contributed by atoms with Gasteiger partial charge in [0.1, 0.15) is 13.2 Å². The van der Waals surface area contributed by atoms with Gasteiger partial charge in [-0.1, -0.05) is 234 Å². The van der Waals surface area contributed by atoms with Gasteiger partial charge in [-0.25, -0.2) is 0 Å². The molecule has 0 rings (SSSR count). The quantitative estimate of drug-likeness (QED) is 0.0347. The average molecular weight is 793 g/mol. The van der Waals surface area contributed by atoms with Crippen LogP contribution in [-0.4, -0.2) is 37.2 Å². The van der Waals surface area contributed by atoms with E-state index in [0.717, 1.165) is 69.6 Å². The molecule has 0 aromatic rings. The molecule has 0 saturated carbocycles. The first-order valence-corrected chi connectivity index (χ1v) is 24.7. The van der Waals surface area contributed by atoms with E-state index in [9.17, 15) is 14.4 Å². The Morgan fingerprint density at radius 1 is 0.339 bits per heavy atom. The van der Waals surface area contributed by atoms with Gasteiger partial charge in [0.25, 0.3) is 0 Å². The van der Waals surface area contributed by atoms with Crippen molar-refractivity contribution in [3.05, 3.63) is 0 Å². The molecule has 0 N–H and O–H groups in total. The Labute approximate surface area is 348 Å². The van der Waals surface area contributed by atoms with Gasteiger partial charge in [0.05, 0.1) is 0 Å². The van der Waals surface area contributed by atoms with Crippen LogP contribution < -0.4 is 0 Å². The van der Waals surface area contributed by atoms with Gasteiger partial charge in [-0.3, -0.25) is 14.4 Å². The van der Waals surface area contributed by atoms with Crippen molar-refractivity contribution in [1.82, 2.24) is 0 Å². The van der Waals surface area contributed by atoms with Crippen molar-refractivity contribution < 1.29 is 28.6 Å². The van der Waals surface area contributed by atoms with Crippen LogP contribution >= 0.6 is 0 Å². The Kier molecular flexibility index (Phi) is 41.8. The molecule has 0 amide bonds. The molecule has 56 heavy (non-hydrogen) atoms. The van der Waals surface area contributed by atoms with Crippen molar-refractivity contribution in [3.63, 3.8) is 0 Å². The van der Waals surface area contributed by atoms with Gasteiger partial charge >= 0.3 is 17.9 Å². The van der Waals surface area contributed by atoms with Gasteiger partial charge in [0, 0.05) is 19.3 Å². The van der Waals surface area contributed by atoms with Gasteiger partial charge in [0.15, 0.2) is 6.10 Å². The fraction of sp³-hybridized carbons (Fsp3) is 0.940. The molecule has 0 spiro atoms. The fourth-order valence-electron chi connectivity index (χ4n) is 7.46. The summed E-state index contributed by atoms with van der Waals surface area (Å²) < 4.78 is 16.8. The zero-order valence-electron chi connectivity index (χ0n) is 38.3. The Balaban J connectivity index is 4.31. The van der Waals surface area contributed by atoms with Crippen LogP contribution in [0.1, 0.15) is 272 Å². The summed E-state index contributed by atoms with van der Waals surface area (Å²) in [5, 5.41) is 0. The summed E-state index contributed by atoms with van der Waals surface area (Å²) in [5.41, 5.74) is 0. The molecule has 0 aromatic carbocycles. The van der Waals surface area contributed by atoms with E-state index in [0.29, 0.717) is 19.3 Å². The lowest BCUT2D eigenvalue weighted by molar-refractivity contribution is -0.167. The average Bonchev–Trinajstić information content (AvgIpc) is 3.16. The second-order valence-electron chi connectivity index (χ2n) is 18.1. The maximum atomic E-state index is 12.8. The first-order chi connectivity index (χ1) is 27.2. The van der Waals surface area contributed by atoms with Crippen LogP contribution in [0.15, 0.2) is 0 Å². The summed E-state index contributed by atoms with van der Waals surface area (Å²) in [6, 6.07) is 0. The molecular weight excluding hydrogens is 697 g/mol. The van der Waals surface area contributed by atoms with Crippen LogP contribution in [0.4, 0.5) is 0 Å². The van der Waals surface area contributed by atoms with E-state index in [-0.39, 0.29) is 31.1 Å². The topological polar surface area (TPSA) is 78.9 Å². The first-order valence-electron chi connectivity index (χ1n) is 24.7. The lowest BCUT2D eigenvalue weighted by Crippen LogP contribution is -2.30. The molecule has 0 aliphatic heterocycles. The van der Waals surface area contributed by atoms with E-state index in [4.69, 9.17) is 14.2 Å². The fourth-order valence-corrected chi connectivity index (χ4v) is 7.46. The number of rotatable bonds is 44. The van der Waals surface area contributed by atoms with E-state index in [1.54, 1.807) is 0 Å². The minimum Gasteiger partial charge on any atom is -0.462 e. The largest absolute Gasteiger partial charge is 0.462 e. The van der Waals surface area contributed by atoms with E-state index < -0.39 is 6.10 Å². The summed E-state index contributed by atoms with van der Waals surface area (Å²) in [4.78, 5) is 37.8. The first kappa shape index (κ1) is 54.4. The zero-order valence-corrected chi connectivity index (χ0v) is 38.3. The number of unbranched alkanes of at least 4 members (excludes halogenated alkanes) is 29. The van der Waals surface area contributed by atoms with Crippen molar-refractivity contribution >= 4 is 17.9 Å². The minimum absolute atomic E-state index is 0.0648. The normalized spacial score (nSPS) is 12.1. The van der Waals surface area contributed by atoms with Crippen LogP contribution in [0.3, 0.4) is 0 Å². The van der Waals surface area contributed by atoms with E-state index in [1.165, 1.54) is 161 Å². The van der Waals surface area contributed by atoms with Gasteiger partial charge in [-0.15, -0.1) is 0 Å². The molecule has 6 nitrogen and oxygen atoms in total. The van der Waals surface area contributed by atoms with Crippen LogP contribution in [-0.2, 0) is 28.6 Å².